The monoisotopic (exact) mass is 367 g/mol. The van der Waals surface area contributed by atoms with Gasteiger partial charge in [0.05, 0.1) is 10.0 Å². The lowest BCUT2D eigenvalue weighted by molar-refractivity contribution is 0.102. The molecule has 0 aliphatic carbocycles. The van der Waals surface area contributed by atoms with Crippen molar-refractivity contribution in [2.75, 3.05) is 5.32 Å². The molecule has 0 saturated carbocycles. The summed E-state index contributed by atoms with van der Waals surface area (Å²) in [5, 5.41) is 2.60. The molecule has 0 saturated heterocycles. The molecule has 23 heavy (non-hydrogen) atoms. The number of anilines is 1. The topological polar surface area (TPSA) is 81.1 Å². The van der Waals surface area contributed by atoms with Crippen molar-refractivity contribution in [2.45, 2.75) is 4.21 Å². The molecule has 118 valence electrons. The predicted molar refractivity (Wildman–Crippen MR) is 88.5 cm³/mol. The molecule has 0 radical (unpaired) electrons. The number of carbonyl (C=O) groups excluding carboxylic acids is 1. The van der Waals surface area contributed by atoms with Gasteiger partial charge < -0.3 is 5.32 Å². The van der Waals surface area contributed by atoms with Crippen LogP contribution < -0.4 is 5.32 Å². The number of pyridine rings is 1. The van der Waals surface area contributed by atoms with Crippen LogP contribution in [0.15, 0.2) is 59.2 Å². The van der Waals surface area contributed by atoms with E-state index < -0.39 is 15.9 Å². The van der Waals surface area contributed by atoms with Gasteiger partial charge in [-0.1, -0.05) is 17.7 Å². The molecule has 3 aromatic rings. The first-order chi connectivity index (χ1) is 11.0. The summed E-state index contributed by atoms with van der Waals surface area (Å²) in [5.41, 5.74) is 0.597. The van der Waals surface area contributed by atoms with Gasteiger partial charge in [-0.05, 0) is 30.3 Å². The Bertz CT molecular complexity index is 949. The van der Waals surface area contributed by atoms with E-state index >= 15 is 0 Å². The van der Waals surface area contributed by atoms with Crippen LogP contribution in [0, 0.1) is 0 Å². The molecule has 0 aliphatic rings. The van der Waals surface area contributed by atoms with Crippen molar-refractivity contribution in [3.05, 3.63) is 65.0 Å². The van der Waals surface area contributed by atoms with E-state index in [4.69, 9.17) is 11.6 Å². The number of aromatic nitrogens is 2. The Morgan fingerprint density at radius 2 is 2.04 bits per heavy atom. The number of nitrogens with zero attached hydrogens (tertiary/aromatic N) is 2. The van der Waals surface area contributed by atoms with Crippen LogP contribution in [-0.2, 0) is 10.0 Å². The van der Waals surface area contributed by atoms with Crippen molar-refractivity contribution in [1.82, 2.24) is 8.96 Å². The number of thiophene rings is 1. The molecule has 0 aromatic carbocycles. The van der Waals surface area contributed by atoms with Crippen LogP contribution in [0.2, 0.25) is 4.34 Å². The van der Waals surface area contributed by atoms with Crippen LogP contribution in [0.3, 0.4) is 0 Å². The summed E-state index contributed by atoms with van der Waals surface area (Å²) in [6.45, 7) is 0. The number of carbonyl (C=O) groups is 1. The van der Waals surface area contributed by atoms with Crippen molar-refractivity contribution >= 4 is 44.6 Å². The summed E-state index contributed by atoms with van der Waals surface area (Å²) >= 11 is 6.75. The van der Waals surface area contributed by atoms with Crippen LogP contribution >= 0.6 is 22.9 Å². The molecule has 0 unspecified atom stereocenters. The highest BCUT2D eigenvalue weighted by Crippen LogP contribution is 2.28. The molecule has 1 amide bonds. The number of nitrogens with one attached hydrogen (secondary N) is 1. The van der Waals surface area contributed by atoms with E-state index in [1.807, 2.05) is 0 Å². The fraction of sp³-hybridized carbons (Fsp3) is 0. The highest BCUT2D eigenvalue weighted by atomic mass is 35.5. The van der Waals surface area contributed by atoms with E-state index in [2.05, 4.69) is 10.3 Å². The first-order valence-corrected chi connectivity index (χ1v) is 9.01. The van der Waals surface area contributed by atoms with Crippen molar-refractivity contribution in [3.63, 3.8) is 0 Å². The van der Waals surface area contributed by atoms with E-state index in [-0.39, 0.29) is 9.90 Å². The minimum atomic E-state index is -3.71. The van der Waals surface area contributed by atoms with Crippen molar-refractivity contribution in [2.24, 2.45) is 0 Å². The molecule has 1 N–H and O–H groups in total. The lowest BCUT2D eigenvalue weighted by Gasteiger charge is -2.03. The lowest BCUT2D eigenvalue weighted by atomic mass is 10.3. The van der Waals surface area contributed by atoms with Gasteiger partial charge >= 0.3 is 0 Å². The zero-order valence-electron chi connectivity index (χ0n) is 11.5. The SMILES string of the molecule is O=C(Nc1ccn(S(=O)(=O)c2ccc(Cl)s2)c1)c1ccccn1. The number of halogens is 1. The standard InChI is InChI=1S/C14H10ClN3O3S2/c15-12-4-5-13(22-12)23(20,21)18-8-6-10(9-18)17-14(19)11-3-1-2-7-16-11/h1-9H,(H,17,19). The number of rotatable bonds is 4. The van der Waals surface area contributed by atoms with Crippen LogP contribution in [0.25, 0.3) is 0 Å². The molecule has 3 rings (SSSR count). The van der Waals surface area contributed by atoms with Gasteiger partial charge in [0.2, 0.25) is 0 Å². The van der Waals surface area contributed by atoms with Crippen LogP contribution in [0.1, 0.15) is 10.5 Å². The average Bonchev–Trinajstić information content (AvgIpc) is 3.18. The Kier molecular flexibility index (Phi) is 4.20. The Labute approximate surface area is 141 Å². The Balaban J connectivity index is 1.82. The molecule has 9 heteroatoms. The maximum atomic E-state index is 12.4. The number of amides is 1. The molecular weight excluding hydrogens is 358 g/mol. The summed E-state index contributed by atoms with van der Waals surface area (Å²) in [6.07, 6.45) is 4.19. The largest absolute Gasteiger partial charge is 0.319 e. The quantitative estimate of drug-likeness (QED) is 0.768. The first-order valence-electron chi connectivity index (χ1n) is 6.38. The minimum Gasteiger partial charge on any atom is -0.319 e. The third-order valence-corrected chi connectivity index (χ3v) is 6.24. The molecule has 0 bridgehead atoms. The fourth-order valence-corrected chi connectivity index (χ4v) is 4.62. The summed E-state index contributed by atoms with van der Waals surface area (Å²) in [7, 11) is -3.71. The maximum absolute atomic E-state index is 12.4. The van der Waals surface area contributed by atoms with Gasteiger partial charge in [0.25, 0.3) is 15.9 Å². The zero-order chi connectivity index (χ0) is 16.4. The average molecular weight is 368 g/mol. The van der Waals surface area contributed by atoms with Crippen molar-refractivity contribution in [1.29, 1.82) is 0 Å². The van der Waals surface area contributed by atoms with Crippen LogP contribution in [0.4, 0.5) is 5.69 Å². The molecule has 3 aromatic heterocycles. The Morgan fingerprint density at radius 1 is 1.22 bits per heavy atom. The molecule has 0 atom stereocenters. The van der Waals surface area contributed by atoms with E-state index in [1.165, 1.54) is 36.8 Å². The van der Waals surface area contributed by atoms with Crippen molar-refractivity contribution in [3.8, 4) is 0 Å². The highest BCUT2D eigenvalue weighted by molar-refractivity contribution is 7.92. The van der Waals surface area contributed by atoms with Gasteiger partial charge in [-0.25, -0.2) is 3.97 Å². The van der Waals surface area contributed by atoms with Gasteiger partial charge in [0, 0.05) is 18.6 Å². The van der Waals surface area contributed by atoms with Crippen LogP contribution in [0.5, 0.6) is 0 Å². The zero-order valence-corrected chi connectivity index (χ0v) is 13.9. The molecule has 3 heterocycles. The normalized spacial score (nSPS) is 11.3. The summed E-state index contributed by atoms with van der Waals surface area (Å²) < 4.78 is 26.4. The highest BCUT2D eigenvalue weighted by Gasteiger charge is 2.19. The third kappa shape index (κ3) is 3.29. The van der Waals surface area contributed by atoms with Crippen molar-refractivity contribution < 1.29 is 13.2 Å². The van der Waals surface area contributed by atoms with E-state index in [9.17, 15) is 13.2 Å². The second kappa shape index (κ2) is 6.15. The van der Waals surface area contributed by atoms with E-state index in [0.29, 0.717) is 10.0 Å². The van der Waals surface area contributed by atoms with Crippen LogP contribution in [-0.4, -0.2) is 23.3 Å². The summed E-state index contributed by atoms with van der Waals surface area (Å²) in [4.78, 5) is 15.9. The first kappa shape index (κ1) is 15.7. The smallest absolute Gasteiger partial charge is 0.277 e. The van der Waals surface area contributed by atoms with Gasteiger partial charge in [0.15, 0.2) is 0 Å². The number of hydrogen-bond acceptors (Lipinski definition) is 5. The van der Waals surface area contributed by atoms with Gasteiger partial charge in [-0.15, -0.1) is 11.3 Å². The molecular formula is C14H10ClN3O3S2. The predicted octanol–water partition coefficient (Wildman–Crippen LogP) is 3.09. The molecule has 0 fully saturated rings. The minimum absolute atomic E-state index is 0.126. The second-order valence-electron chi connectivity index (χ2n) is 4.46. The summed E-state index contributed by atoms with van der Waals surface area (Å²) in [6, 6.07) is 9.41. The fourth-order valence-electron chi connectivity index (χ4n) is 1.83. The van der Waals surface area contributed by atoms with Gasteiger partial charge in [0.1, 0.15) is 9.90 Å². The summed E-state index contributed by atoms with van der Waals surface area (Å²) in [5.74, 6) is -0.417. The van der Waals surface area contributed by atoms with Gasteiger partial charge in [-0.2, -0.15) is 8.42 Å². The second-order valence-corrected chi connectivity index (χ2v) is 8.25. The van der Waals surface area contributed by atoms with E-state index in [1.54, 1.807) is 18.2 Å². The molecule has 0 aliphatic heterocycles. The van der Waals surface area contributed by atoms with E-state index in [0.717, 1.165) is 15.3 Å². The van der Waals surface area contributed by atoms with Gasteiger partial charge in [-0.3, -0.25) is 9.78 Å². The Morgan fingerprint density at radius 3 is 2.70 bits per heavy atom. The molecule has 0 spiro atoms. The Hall–Kier alpha value is -2.16. The lowest BCUT2D eigenvalue weighted by Crippen LogP contribution is -2.13. The number of hydrogen-bond donors (Lipinski definition) is 1. The third-order valence-electron chi connectivity index (χ3n) is 2.90. The maximum Gasteiger partial charge on any atom is 0.277 e. The molecule has 6 nitrogen and oxygen atoms in total.